The summed E-state index contributed by atoms with van der Waals surface area (Å²) in [5, 5.41) is 0. The second-order valence-electron chi connectivity index (χ2n) is 6.70. The Balaban J connectivity index is 1.44. The molecular formula is C18H27N3O. The standard InChI is InChI=1S/C18H27N3O/c19-17-6-2-1-5-16(17)7-8-18(22)21-12-9-15(14-21)13-20-10-3-4-11-20/h1-2,5-6,15H,3-4,7-14,19H2. The molecule has 1 aromatic rings. The highest BCUT2D eigenvalue weighted by atomic mass is 16.2. The second kappa shape index (κ2) is 7.14. The number of amides is 1. The molecule has 2 aliphatic rings. The van der Waals surface area contributed by atoms with Crippen LogP contribution < -0.4 is 5.73 Å². The summed E-state index contributed by atoms with van der Waals surface area (Å²) in [7, 11) is 0. The van der Waals surface area contributed by atoms with Crippen LogP contribution in [0.3, 0.4) is 0 Å². The molecule has 120 valence electrons. The molecule has 3 rings (SSSR count). The minimum absolute atomic E-state index is 0.284. The smallest absolute Gasteiger partial charge is 0.222 e. The van der Waals surface area contributed by atoms with Crippen molar-refractivity contribution in [2.24, 2.45) is 5.92 Å². The Labute approximate surface area is 133 Å². The molecule has 2 aliphatic heterocycles. The van der Waals surface area contributed by atoms with Crippen LogP contribution in [-0.4, -0.2) is 48.4 Å². The largest absolute Gasteiger partial charge is 0.399 e. The van der Waals surface area contributed by atoms with Crippen LogP contribution in [0, 0.1) is 5.92 Å². The van der Waals surface area contributed by atoms with Crippen molar-refractivity contribution >= 4 is 11.6 Å². The normalized spacial score (nSPS) is 22.4. The lowest BCUT2D eigenvalue weighted by atomic mass is 10.1. The van der Waals surface area contributed by atoms with Crippen LogP contribution in [0.2, 0.25) is 0 Å². The number of likely N-dealkylation sites (tertiary alicyclic amines) is 2. The third-order valence-corrected chi connectivity index (χ3v) is 5.02. The summed E-state index contributed by atoms with van der Waals surface area (Å²) in [6.07, 6.45) is 5.17. The second-order valence-corrected chi connectivity index (χ2v) is 6.70. The summed E-state index contributed by atoms with van der Waals surface area (Å²) < 4.78 is 0. The fourth-order valence-electron chi connectivity index (χ4n) is 3.70. The number of anilines is 1. The molecule has 1 atom stereocenters. The third-order valence-electron chi connectivity index (χ3n) is 5.02. The maximum Gasteiger partial charge on any atom is 0.222 e. The average molecular weight is 301 g/mol. The number of carbonyl (C=O) groups is 1. The van der Waals surface area contributed by atoms with Crippen molar-refractivity contribution in [2.75, 3.05) is 38.5 Å². The molecule has 0 spiro atoms. The Bertz CT molecular complexity index is 511. The number of para-hydroxylation sites is 1. The van der Waals surface area contributed by atoms with Gasteiger partial charge in [-0.25, -0.2) is 0 Å². The van der Waals surface area contributed by atoms with E-state index in [0.717, 1.165) is 37.2 Å². The fourth-order valence-corrected chi connectivity index (χ4v) is 3.70. The minimum atomic E-state index is 0.284. The van der Waals surface area contributed by atoms with Gasteiger partial charge in [-0.15, -0.1) is 0 Å². The fraction of sp³-hybridized carbons (Fsp3) is 0.611. The van der Waals surface area contributed by atoms with Crippen LogP contribution >= 0.6 is 0 Å². The molecule has 22 heavy (non-hydrogen) atoms. The van der Waals surface area contributed by atoms with Gasteiger partial charge in [0.15, 0.2) is 0 Å². The Hall–Kier alpha value is -1.55. The molecule has 0 radical (unpaired) electrons. The summed E-state index contributed by atoms with van der Waals surface area (Å²) in [5.41, 5.74) is 7.82. The van der Waals surface area contributed by atoms with E-state index < -0.39 is 0 Å². The van der Waals surface area contributed by atoms with Crippen LogP contribution in [0.5, 0.6) is 0 Å². The number of hydrogen-bond acceptors (Lipinski definition) is 3. The molecule has 2 saturated heterocycles. The predicted octanol–water partition coefficient (Wildman–Crippen LogP) is 2.15. The molecule has 2 heterocycles. The quantitative estimate of drug-likeness (QED) is 0.848. The highest BCUT2D eigenvalue weighted by Gasteiger charge is 2.28. The van der Waals surface area contributed by atoms with Gasteiger partial charge in [0, 0.05) is 31.7 Å². The minimum Gasteiger partial charge on any atom is -0.399 e. The van der Waals surface area contributed by atoms with Gasteiger partial charge in [-0.2, -0.15) is 0 Å². The van der Waals surface area contributed by atoms with Crippen molar-refractivity contribution in [1.29, 1.82) is 0 Å². The average Bonchev–Trinajstić information content (AvgIpc) is 3.18. The van der Waals surface area contributed by atoms with Gasteiger partial charge in [0.05, 0.1) is 0 Å². The zero-order chi connectivity index (χ0) is 15.4. The molecule has 1 aromatic carbocycles. The lowest BCUT2D eigenvalue weighted by Gasteiger charge is -2.20. The van der Waals surface area contributed by atoms with Crippen LogP contribution in [-0.2, 0) is 11.2 Å². The van der Waals surface area contributed by atoms with Gasteiger partial charge in [0.25, 0.3) is 0 Å². The van der Waals surface area contributed by atoms with Gasteiger partial charge in [-0.3, -0.25) is 4.79 Å². The lowest BCUT2D eigenvalue weighted by Crippen LogP contribution is -2.32. The first kappa shape index (κ1) is 15.3. The monoisotopic (exact) mass is 301 g/mol. The van der Waals surface area contributed by atoms with Gasteiger partial charge >= 0.3 is 0 Å². The topological polar surface area (TPSA) is 49.6 Å². The van der Waals surface area contributed by atoms with Crippen LogP contribution in [0.1, 0.15) is 31.2 Å². The Morgan fingerprint density at radius 1 is 1.18 bits per heavy atom. The molecule has 4 nitrogen and oxygen atoms in total. The number of hydrogen-bond donors (Lipinski definition) is 1. The number of carbonyl (C=O) groups excluding carboxylic acids is 1. The molecule has 4 heteroatoms. The summed E-state index contributed by atoms with van der Waals surface area (Å²) in [5.74, 6) is 0.955. The summed E-state index contributed by atoms with van der Waals surface area (Å²) >= 11 is 0. The van der Waals surface area contributed by atoms with E-state index in [-0.39, 0.29) is 5.91 Å². The molecule has 1 unspecified atom stereocenters. The predicted molar refractivity (Wildman–Crippen MR) is 89.5 cm³/mol. The number of nitrogens with zero attached hydrogens (tertiary/aromatic N) is 2. The maximum absolute atomic E-state index is 12.4. The summed E-state index contributed by atoms with van der Waals surface area (Å²) in [6.45, 7) is 5.55. The number of benzene rings is 1. The molecule has 2 N–H and O–H groups in total. The van der Waals surface area contributed by atoms with E-state index in [2.05, 4.69) is 9.80 Å². The molecule has 0 aliphatic carbocycles. The summed E-state index contributed by atoms with van der Waals surface area (Å²) in [4.78, 5) is 17.0. The number of aryl methyl sites for hydroxylation is 1. The first-order valence-electron chi connectivity index (χ1n) is 8.56. The molecule has 1 amide bonds. The van der Waals surface area contributed by atoms with Crippen molar-refractivity contribution in [1.82, 2.24) is 9.80 Å². The van der Waals surface area contributed by atoms with Crippen molar-refractivity contribution in [3.05, 3.63) is 29.8 Å². The highest BCUT2D eigenvalue weighted by Crippen LogP contribution is 2.21. The van der Waals surface area contributed by atoms with Crippen molar-refractivity contribution in [2.45, 2.75) is 32.1 Å². The molecule has 0 bridgehead atoms. The first-order chi connectivity index (χ1) is 10.7. The van der Waals surface area contributed by atoms with E-state index in [1.165, 1.54) is 32.5 Å². The van der Waals surface area contributed by atoms with E-state index >= 15 is 0 Å². The van der Waals surface area contributed by atoms with E-state index in [0.29, 0.717) is 12.3 Å². The zero-order valence-corrected chi connectivity index (χ0v) is 13.3. The van der Waals surface area contributed by atoms with E-state index in [1.54, 1.807) is 0 Å². The lowest BCUT2D eigenvalue weighted by molar-refractivity contribution is -0.130. The number of nitrogen functional groups attached to an aromatic ring is 1. The highest BCUT2D eigenvalue weighted by molar-refractivity contribution is 5.77. The van der Waals surface area contributed by atoms with Crippen LogP contribution in [0.15, 0.2) is 24.3 Å². The first-order valence-corrected chi connectivity index (χ1v) is 8.56. The van der Waals surface area contributed by atoms with E-state index in [4.69, 9.17) is 5.73 Å². The summed E-state index contributed by atoms with van der Waals surface area (Å²) in [6, 6.07) is 7.84. The van der Waals surface area contributed by atoms with Crippen molar-refractivity contribution < 1.29 is 4.79 Å². The SMILES string of the molecule is Nc1ccccc1CCC(=O)N1CCC(CN2CCCC2)C1. The van der Waals surface area contributed by atoms with E-state index in [1.807, 2.05) is 24.3 Å². The maximum atomic E-state index is 12.4. The van der Waals surface area contributed by atoms with Crippen molar-refractivity contribution in [3.63, 3.8) is 0 Å². The zero-order valence-electron chi connectivity index (χ0n) is 13.3. The van der Waals surface area contributed by atoms with Crippen LogP contribution in [0.25, 0.3) is 0 Å². The Morgan fingerprint density at radius 3 is 2.73 bits per heavy atom. The molecule has 2 fully saturated rings. The van der Waals surface area contributed by atoms with Gasteiger partial charge in [-0.1, -0.05) is 18.2 Å². The van der Waals surface area contributed by atoms with Gasteiger partial charge in [0.2, 0.25) is 5.91 Å². The van der Waals surface area contributed by atoms with Gasteiger partial charge in [-0.05, 0) is 56.3 Å². The number of nitrogens with two attached hydrogens (primary N) is 1. The molecule has 0 aromatic heterocycles. The van der Waals surface area contributed by atoms with Gasteiger partial charge in [0.1, 0.15) is 0 Å². The van der Waals surface area contributed by atoms with E-state index in [9.17, 15) is 4.79 Å². The Kier molecular flexibility index (Phi) is 4.98. The van der Waals surface area contributed by atoms with Crippen molar-refractivity contribution in [3.8, 4) is 0 Å². The third kappa shape index (κ3) is 3.80. The molecule has 0 saturated carbocycles. The molecular weight excluding hydrogens is 274 g/mol. The van der Waals surface area contributed by atoms with Crippen LogP contribution in [0.4, 0.5) is 5.69 Å². The number of rotatable bonds is 5. The van der Waals surface area contributed by atoms with Gasteiger partial charge < -0.3 is 15.5 Å². The Morgan fingerprint density at radius 2 is 1.95 bits per heavy atom.